The number of rotatable bonds is 6. The number of nitrogens with zero attached hydrogens (tertiary/aromatic N) is 4. The molecule has 4 rings (SSSR count). The third-order valence-electron chi connectivity index (χ3n) is 4.69. The molecule has 0 atom stereocenters. The van der Waals surface area contributed by atoms with Crippen LogP contribution in [0.5, 0.6) is 0 Å². The standard InChI is InChI=1S/C19H19ClN4O3/c1-11-15(12(2)27-23-11)9-18(25)24(13-7-8-13)10-17-21-22-19(26-17)14-5-3-4-6-16(14)20/h3-6,13H,7-10H2,1-2H3. The molecule has 1 aliphatic carbocycles. The first-order valence-electron chi connectivity index (χ1n) is 8.81. The Morgan fingerprint density at radius 2 is 2.04 bits per heavy atom. The van der Waals surface area contributed by atoms with E-state index in [-0.39, 0.29) is 24.9 Å². The smallest absolute Gasteiger partial charge is 0.249 e. The van der Waals surface area contributed by atoms with E-state index in [1.165, 1.54) is 0 Å². The predicted octanol–water partition coefficient (Wildman–Crippen LogP) is 3.73. The summed E-state index contributed by atoms with van der Waals surface area (Å²) in [5.74, 6) is 1.42. The molecule has 0 unspecified atom stereocenters. The zero-order chi connectivity index (χ0) is 19.0. The van der Waals surface area contributed by atoms with Crippen LogP contribution in [-0.4, -0.2) is 32.2 Å². The Morgan fingerprint density at radius 1 is 1.26 bits per heavy atom. The molecule has 0 bridgehead atoms. The van der Waals surface area contributed by atoms with Crippen molar-refractivity contribution in [3.05, 3.63) is 52.2 Å². The third-order valence-corrected chi connectivity index (χ3v) is 5.02. The first-order valence-corrected chi connectivity index (χ1v) is 9.19. The zero-order valence-electron chi connectivity index (χ0n) is 15.1. The topological polar surface area (TPSA) is 85.3 Å². The number of aromatic nitrogens is 3. The molecule has 8 heteroatoms. The van der Waals surface area contributed by atoms with E-state index in [1.807, 2.05) is 32.0 Å². The van der Waals surface area contributed by atoms with Gasteiger partial charge in [-0.1, -0.05) is 28.9 Å². The normalized spacial score (nSPS) is 13.7. The van der Waals surface area contributed by atoms with Crippen molar-refractivity contribution in [3.63, 3.8) is 0 Å². The van der Waals surface area contributed by atoms with E-state index < -0.39 is 0 Å². The van der Waals surface area contributed by atoms with Crippen molar-refractivity contribution in [2.75, 3.05) is 0 Å². The van der Waals surface area contributed by atoms with Gasteiger partial charge in [-0.25, -0.2) is 0 Å². The lowest BCUT2D eigenvalue weighted by molar-refractivity contribution is -0.132. The number of benzene rings is 1. The lowest BCUT2D eigenvalue weighted by Crippen LogP contribution is -2.34. The van der Waals surface area contributed by atoms with Crippen LogP contribution in [0.4, 0.5) is 0 Å². The molecular weight excluding hydrogens is 368 g/mol. The summed E-state index contributed by atoms with van der Waals surface area (Å²) >= 11 is 6.19. The summed E-state index contributed by atoms with van der Waals surface area (Å²) in [6.45, 7) is 3.94. The predicted molar refractivity (Wildman–Crippen MR) is 98.0 cm³/mol. The highest BCUT2D eigenvalue weighted by Gasteiger charge is 2.34. The van der Waals surface area contributed by atoms with Gasteiger partial charge in [-0.3, -0.25) is 4.79 Å². The number of amides is 1. The van der Waals surface area contributed by atoms with Crippen LogP contribution in [0.3, 0.4) is 0 Å². The molecule has 0 radical (unpaired) electrons. The van der Waals surface area contributed by atoms with E-state index in [1.54, 1.807) is 11.0 Å². The Kier molecular flexibility index (Phi) is 4.70. The van der Waals surface area contributed by atoms with Crippen LogP contribution in [0.15, 0.2) is 33.2 Å². The maximum Gasteiger partial charge on any atom is 0.249 e. The van der Waals surface area contributed by atoms with E-state index in [0.29, 0.717) is 28.1 Å². The van der Waals surface area contributed by atoms with Gasteiger partial charge in [0.15, 0.2) is 0 Å². The maximum atomic E-state index is 12.9. The van der Waals surface area contributed by atoms with Crippen molar-refractivity contribution in [3.8, 4) is 11.5 Å². The highest BCUT2D eigenvalue weighted by atomic mass is 35.5. The van der Waals surface area contributed by atoms with Gasteiger partial charge in [0.05, 0.1) is 29.2 Å². The number of hydrogen-bond acceptors (Lipinski definition) is 6. The van der Waals surface area contributed by atoms with Crippen LogP contribution in [0.1, 0.15) is 35.7 Å². The van der Waals surface area contributed by atoms with E-state index in [2.05, 4.69) is 15.4 Å². The molecule has 0 aliphatic heterocycles. The van der Waals surface area contributed by atoms with Gasteiger partial charge in [-0.05, 0) is 38.8 Å². The summed E-state index contributed by atoms with van der Waals surface area (Å²) in [5, 5.41) is 12.6. The molecule has 7 nitrogen and oxygen atoms in total. The summed E-state index contributed by atoms with van der Waals surface area (Å²) in [6, 6.07) is 7.50. The largest absolute Gasteiger partial charge is 0.419 e. The number of halogens is 1. The van der Waals surface area contributed by atoms with E-state index >= 15 is 0 Å². The molecule has 1 aliphatic rings. The molecule has 0 saturated heterocycles. The Labute approximate surface area is 161 Å². The average Bonchev–Trinajstić information content (AvgIpc) is 3.32. The minimum atomic E-state index is 0.00407. The zero-order valence-corrected chi connectivity index (χ0v) is 15.9. The fraction of sp³-hybridized carbons (Fsp3) is 0.368. The van der Waals surface area contributed by atoms with Gasteiger partial charge >= 0.3 is 0 Å². The Bertz CT molecular complexity index is 958. The van der Waals surface area contributed by atoms with Crippen molar-refractivity contribution < 1.29 is 13.7 Å². The molecule has 1 amide bonds. The third kappa shape index (κ3) is 3.73. The first kappa shape index (κ1) is 17.7. The second-order valence-corrected chi connectivity index (χ2v) is 7.12. The molecule has 27 heavy (non-hydrogen) atoms. The van der Waals surface area contributed by atoms with Gasteiger partial charge in [0.25, 0.3) is 0 Å². The molecule has 1 aromatic carbocycles. The van der Waals surface area contributed by atoms with E-state index in [9.17, 15) is 4.79 Å². The highest BCUT2D eigenvalue weighted by Crippen LogP contribution is 2.31. The quantitative estimate of drug-likeness (QED) is 0.641. The van der Waals surface area contributed by atoms with E-state index in [4.69, 9.17) is 20.5 Å². The molecule has 3 aromatic rings. The molecule has 2 aromatic heterocycles. The molecular formula is C19H19ClN4O3. The highest BCUT2D eigenvalue weighted by molar-refractivity contribution is 6.33. The summed E-state index contributed by atoms with van der Waals surface area (Å²) in [7, 11) is 0. The second-order valence-electron chi connectivity index (χ2n) is 6.71. The van der Waals surface area contributed by atoms with Crippen LogP contribution >= 0.6 is 11.6 Å². The number of carbonyl (C=O) groups is 1. The Hall–Kier alpha value is -2.67. The van der Waals surface area contributed by atoms with Crippen molar-refractivity contribution >= 4 is 17.5 Å². The monoisotopic (exact) mass is 386 g/mol. The lowest BCUT2D eigenvalue weighted by atomic mass is 10.1. The van der Waals surface area contributed by atoms with Gasteiger partial charge in [0, 0.05) is 11.6 Å². The van der Waals surface area contributed by atoms with Gasteiger partial charge in [-0.15, -0.1) is 10.2 Å². The molecule has 0 spiro atoms. The Morgan fingerprint density at radius 3 is 2.70 bits per heavy atom. The Balaban J connectivity index is 1.51. The van der Waals surface area contributed by atoms with Crippen molar-refractivity contribution in [1.82, 2.24) is 20.3 Å². The molecule has 2 heterocycles. The van der Waals surface area contributed by atoms with Gasteiger partial charge < -0.3 is 13.8 Å². The van der Waals surface area contributed by atoms with Gasteiger partial charge in [0.2, 0.25) is 17.7 Å². The number of carbonyl (C=O) groups excluding carboxylic acids is 1. The van der Waals surface area contributed by atoms with Crippen molar-refractivity contribution in [1.29, 1.82) is 0 Å². The van der Waals surface area contributed by atoms with Crippen LogP contribution < -0.4 is 0 Å². The minimum absolute atomic E-state index is 0.00407. The molecule has 0 N–H and O–H groups in total. The maximum absolute atomic E-state index is 12.9. The fourth-order valence-corrected chi connectivity index (χ4v) is 3.24. The minimum Gasteiger partial charge on any atom is -0.419 e. The van der Waals surface area contributed by atoms with Crippen LogP contribution in [0, 0.1) is 13.8 Å². The lowest BCUT2D eigenvalue weighted by Gasteiger charge is -2.20. The number of aryl methyl sites for hydroxylation is 2. The van der Waals surface area contributed by atoms with Crippen LogP contribution in [-0.2, 0) is 17.8 Å². The van der Waals surface area contributed by atoms with Crippen molar-refractivity contribution in [2.45, 2.75) is 45.7 Å². The first-order chi connectivity index (χ1) is 13.0. The summed E-state index contributed by atoms with van der Waals surface area (Å²) in [6.07, 6.45) is 2.22. The average molecular weight is 387 g/mol. The van der Waals surface area contributed by atoms with Gasteiger partial charge in [0.1, 0.15) is 5.76 Å². The molecule has 140 valence electrons. The second kappa shape index (κ2) is 7.15. The number of hydrogen-bond donors (Lipinski definition) is 0. The van der Waals surface area contributed by atoms with Crippen molar-refractivity contribution in [2.24, 2.45) is 0 Å². The summed E-state index contributed by atoms with van der Waals surface area (Å²) < 4.78 is 10.9. The SMILES string of the molecule is Cc1noc(C)c1CC(=O)N(Cc1nnc(-c2ccccc2Cl)o1)C1CC1. The summed E-state index contributed by atoms with van der Waals surface area (Å²) in [5.41, 5.74) is 2.27. The van der Waals surface area contributed by atoms with Crippen LogP contribution in [0.2, 0.25) is 5.02 Å². The van der Waals surface area contributed by atoms with Crippen LogP contribution in [0.25, 0.3) is 11.5 Å². The van der Waals surface area contributed by atoms with Gasteiger partial charge in [-0.2, -0.15) is 0 Å². The fourth-order valence-electron chi connectivity index (χ4n) is 3.02. The summed E-state index contributed by atoms with van der Waals surface area (Å²) in [4.78, 5) is 14.7. The molecule has 1 saturated carbocycles. The molecule has 1 fully saturated rings. The van der Waals surface area contributed by atoms with E-state index in [0.717, 1.165) is 24.1 Å².